The Morgan fingerprint density at radius 3 is 3.00 bits per heavy atom. The lowest BCUT2D eigenvalue weighted by Gasteiger charge is -2.10. The van der Waals surface area contributed by atoms with Crippen LogP contribution in [0, 0.1) is 11.3 Å². The molecule has 0 saturated carbocycles. The zero-order valence-corrected chi connectivity index (χ0v) is 12.6. The summed E-state index contributed by atoms with van der Waals surface area (Å²) in [7, 11) is 0. The van der Waals surface area contributed by atoms with Gasteiger partial charge in [-0.15, -0.1) is 5.10 Å². The van der Waals surface area contributed by atoms with Gasteiger partial charge in [0.25, 0.3) is 0 Å². The maximum absolute atomic E-state index is 9.23. The topological polar surface area (TPSA) is 86.8 Å². The molecule has 2 rings (SSSR count). The second-order valence-electron chi connectivity index (χ2n) is 3.97. The highest BCUT2D eigenvalue weighted by molar-refractivity contribution is 9.10. The molecule has 1 heterocycles. The predicted octanol–water partition coefficient (Wildman–Crippen LogP) is 2.36. The molecule has 6 nitrogen and oxygen atoms in total. The van der Waals surface area contributed by atoms with Gasteiger partial charge in [-0.25, -0.2) is 4.68 Å². The van der Waals surface area contributed by atoms with E-state index in [0.717, 1.165) is 10.2 Å². The first-order valence-corrected chi connectivity index (χ1v) is 6.93. The van der Waals surface area contributed by atoms with Crippen LogP contribution in [0.3, 0.4) is 0 Å². The van der Waals surface area contributed by atoms with E-state index in [1.54, 1.807) is 24.4 Å². The van der Waals surface area contributed by atoms with E-state index in [0.29, 0.717) is 17.3 Å². The molecule has 0 aliphatic heterocycles. The Bertz CT molecular complexity index is 639. The molecule has 0 fully saturated rings. The lowest BCUT2D eigenvalue weighted by atomic mass is 10.2. The zero-order chi connectivity index (χ0) is 14.5. The van der Waals surface area contributed by atoms with Gasteiger partial charge >= 0.3 is 0 Å². The SMILES string of the molecule is N#CC(Nc1ccc(Cl)c(Br)c1)c1cn(CCO)nn1. The van der Waals surface area contributed by atoms with Crippen LogP contribution in [0.5, 0.6) is 0 Å². The fourth-order valence-electron chi connectivity index (χ4n) is 1.58. The number of anilines is 1. The van der Waals surface area contributed by atoms with Gasteiger partial charge in [0, 0.05) is 10.2 Å². The van der Waals surface area contributed by atoms with Crippen molar-refractivity contribution in [2.45, 2.75) is 12.6 Å². The van der Waals surface area contributed by atoms with E-state index in [1.807, 2.05) is 0 Å². The molecule has 1 aromatic heterocycles. The maximum Gasteiger partial charge on any atom is 0.160 e. The standard InChI is InChI=1S/C12H11BrClN5O/c13-9-5-8(1-2-10(9)14)16-11(6-15)12-7-19(3-4-20)18-17-12/h1-2,5,7,11,16,20H,3-4H2. The summed E-state index contributed by atoms with van der Waals surface area (Å²) in [4.78, 5) is 0. The van der Waals surface area contributed by atoms with Crippen molar-refractivity contribution >= 4 is 33.2 Å². The van der Waals surface area contributed by atoms with Crippen LogP contribution in [0.1, 0.15) is 11.7 Å². The van der Waals surface area contributed by atoms with Gasteiger partial charge in [0.1, 0.15) is 5.69 Å². The summed E-state index contributed by atoms with van der Waals surface area (Å²) in [5, 5.41) is 29.4. The molecule has 0 saturated heterocycles. The molecular weight excluding hydrogens is 346 g/mol. The first kappa shape index (κ1) is 14.8. The fraction of sp³-hybridized carbons (Fsp3) is 0.250. The van der Waals surface area contributed by atoms with E-state index in [4.69, 9.17) is 16.7 Å². The Balaban J connectivity index is 2.15. The number of aromatic nitrogens is 3. The zero-order valence-electron chi connectivity index (χ0n) is 10.3. The van der Waals surface area contributed by atoms with Crippen molar-refractivity contribution in [3.8, 4) is 6.07 Å². The van der Waals surface area contributed by atoms with E-state index in [1.165, 1.54) is 4.68 Å². The highest BCUT2D eigenvalue weighted by atomic mass is 79.9. The molecule has 0 amide bonds. The first-order chi connectivity index (χ1) is 9.63. The lowest BCUT2D eigenvalue weighted by Crippen LogP contribution is -2.09. The quantitative estimate of drug-likeness (QED) is 0.859. The van der Waals surface area contributed by atoms with Gasteiger partial charge in [0.05, 0.1) is 30.4 Å². The van der Waals surface area contributed by atoms with Crippen molar-refractivity contribution < 1.29 is 5.11 Å². The molecule has 0 spiro atoms. The van der Waals surface area contributed by atoms with Crippen LogP contribution in [-0.4, -0.2) is 26.7 Å². The molecular formula is C12H11BrClN5O. The molecule has 1 atom stereocenters. The molecule has 0 radical (unpaired) electrons. The molecule has 8 heteroatoms. The number of aliphatic hydroxyl groups excluding tert-OH is 1. The van der Waals surface area contributed by atoms with E-state index in [2.05, 4.69) is 37.6 Å². The number of rotatable bonds is 5. The average molecular weight is 357 g/mol. The summed E-state index contributed by atoms with van der Waals surface area (Å²) in [6.07, 6.45) is 1.63. The molecule has 0 bridgehead atoms. The third kappa shape index (κ3) is 3.48. The highest BCUT2D eigenvalue weighted by Crippen LogP contribution is 2.27. The number of benzene rings is 1. The minimum atomic E-state index is -0.629. The van der Waals surface area contributed by atoms with E-state index in [-0.39, 0.29) is 6.61 Å². The monoisotopic (exact) mass is 355 g/mol. The number of hydrogen-bond acceptors (Lipinski definition) is 5. The fourth-order valence-corrected chi connectivity index (χ4v) is 2.08. The summed E-state index contributed by atoms with van der Waals surface area (Å²) in [5.41, 5.74) is 1.23. The second-order valence-corrected chi connectivity index (χ2v) is 5.23. The largest absolute Gasteiger partial charge is 0.394 e. The summed E-state index contributed by atoms with van der Waals surface area (Å²) >= 11 is 9.24. The molecule has 2 aromatic rings. The van der Waals surface area contributed by atoms with Gasteiger partial charge in [-0.1, -0.05) is 16.8 Å². The summed E-state index contributed by atoms with van der Waals surface area (Å²) in [6.45, 7) is 0.315. The molecule has 0 aliphatic rings. The molecule has 2 N–H and O–H groups in total. The lowest BCUT2D eigenvalue weighted by molar-refractivity contribution is 0.268. The van der Waals surface area contributed by atoms with Crippen LogP contribution < -0.4 is 5.32 Å². The smallest absolute Gasteiger partial charge is 0.160 e. The second kappa shape index (κ2) is 6.70. The molecule has 20 heavy (non-hydrogen) atoms. The molecule has 0 aliphatic carbocycles. The van der Waals surface area contributed by atoms with Crippen molar-refractivity contribution in [2.24, 2.45) is 0 Å². The Morgan fingerprint density at radius 1 is 1.55 bits per heavy atom. The Hall–Kier alpha value is -1.62. The van der Waals surface area contributed by atoms with Gasteiger partial charge in [0.15, 0.2) is 6.04 Å². The number of nitrogens with one attached hydrogen (secondary N) is 1. The number of nitrogens with zero attached hydrogens (tertiary/aromatic N) is 4. The summed E-state index contributed by atoms with van der Waals surface area (Å²) in [6, 6.07) is 6.77. The van der Waals surface area contributed by atoms with E-state index < -0.39 is 6.04 Å². The van der Waals surface area contributed by atoms with Crippen LogP contribution in [-0.2, 0) is 6.54 Å². The minimum Gasteiger partial charge on any atom is -0.394 e. The van der Waals surface area contributed by atoms with Gasteiger partial charge in [0.2, 0.25) is 0 Å². The van der Waals surface area contributed by atoms with E-state index >= 15 is 0 Å². The third-order valence-corrected chi connectivity index (χ3v) is 3.75. The minimum absolute atomic E-state index is 0.0302. The van der Waals surface area contributed by atoms with Crippen molar-refractivity contribution in [2.75, 3.05) is 11.9 Å². The Morgan fingerprint density at radius 2 is 2.35 bits per heavy atom. The normalized spacial score (nSPS) is 11.9. The van der Waals surface area contributed by atoms with Crippen LogP contribution in [0.15, 0.2) is 28.9 Å². The van der Waals surface area contributed by atoms with Crippen molar-refractivity contribution in [3.05, 3.63) is 39.6 Å². The van der Waals surface area contributed by atoms with Gasteiger partial charge in [-0.05, 0) is 34.1 Å². The molecule has 104 valence electrons. The van der Waals surface area contributed by atoms with Gasteiger partial charge in [-0.2, -0.15) is 5.26 Å². The van der Waals surface area contributed by atoms with Crippen LogP contribution in [0.4, 0.5) is 5.69 Å². The van der Waals surface area contributed by atoms with Gasteiger partial charge in [-0.3, -0.25) is 0 Å². The third-order valence-electron chi connectivity index (χ3n) is 2.54. The van der Waals surface area contributed by atoms with Crippen LogP contribution in [0.25, 0.3) is 0 Å². The van der Waals surface area contributed by atoms with E-state index in [9.17, 15) is 5.26 Å². The Labute approximate surface area is 129 Å². The number of halogens is 2. The highest BCUT2D eigenvalue weighted by Gasteiger charge is 2.15. The molecule has 1 unspecified atom stereocenters. The van der Waals surface area contributed by atoms with Crippen LogP contribution >= 0.6 is 27.5 Å². The Kier molecular flexibility index (Phi) is 4.95. The first-order valence-electron chi connectivity index (χ1n) is 5.76. The summed E-state index contributed by atoms with van der Waals surface area (Å²) in [5.74, 6) is 0. The maximum atomic E-state index is 9.23. The average Bonchev–Trinajstić information content (AvgIpc) is 2.89. The predicted molar refractivity (Wildman–Crippen MR) is 78.2 cm³/mol. The number of nitriles is 1. The van der Waals surface area contributed by atoms with Crippen molar-refractivity contribution in [1.82, 2.24) is 15.0 Å². The van der Waals surface area contributed by atoms with Crippen LogP contribution in [0.2, 0.25) is 5.02 Å². The molecule has 1 aromatic carbocycles. The summed E-state index contributed by atoms with van der Waals surface area (Å²) < 4.78 is 2.23. The number of hydrogen-bond donors (Lipinski definition) is 2. The van der Waals surface area contributed by atoms with Gasteiger partial charge < -0.3 is 10.4 Å². The van der Waals surface area contributed by atoms with Crippen molar-refractivity contribution in [1.29, 1.82) is 5.26 Å². The number of aliphatic hydroxyl groups is 1. The van der Waals surface area contributed by atoms with Crippen molar-refractivity contribution in [3.63, 3.8) is 0 Å².